The van der Waals surface area contributed by atoms with E-state index in [1.54, 1.807) is 60.4 Å². The zero-order valence-corrected chi connectivity index (χ0v) is 35.1. The van der Waals surface area contributed by atoms with Crippen molar-refractivity contribution in [3.05, 3.63) is 102 Å². The molecule has 0 heterocycles. The van der Waals surface area contributed by atoms with Crippen molar-refractivity contribution in [3.63, 3.8) is 0 Å². The number of nitrogens with one attached hydrogen (secondary N) is 1. The van der Waals surface area contributed by atoms with Gasteiger partial charge in [0.15, 0.2) is 11.5 Å². The Hall–Kier alpha value is -2.41. The Bertz CT molecular complexity index is 1770. The molecule has 4 rings (SSSR count). The third-order valence-corrected chi connectivity index (χ3v) is 14.1. The van der Waals surface area contributed by atoms with E-state index in [4.69, 9.17) is 51.7 Å². The summed E-state index contributed by atoms with van der Waals surface area (Å²) < 4.78 is 39.5. The largest absolute Gasteiger partial charge is 0.540 e. The molecule has 0 aliphatic heterocycles. The molecule has 3 aromatic rings. The van der Waals surface area contributed by atoms with Gasteiger partial charge in [0.05, 0.1) is 45.9 Å². The van der Waals surface area contributed by atoms with Gasteiger partial charge in [-0.2, -0.15) is 5.10 Å². The Kier molecular flexibility index (Phi) is 17.0. The number of benzene rings is 3. The summed E-state index contributed by atoms with van der Waals surface area (Å²) in [6, 6.07) is 21.6. The van der Waals surface area contributed by atoms with Gasteiger partial charge in [0, 0.05) is 13.6 Å². The van der Waals surface area contributed by atoms with Crippen LogP contribution in [0.2, 0.25) is 0 Å². The van der Waals surface area contributed by atoms with Crippen LogP contribution in [-0.4, -0.2) is 77.5 Å². The fraction of sp³-hybridized carbons (Fsp3) is 0.312. The van der Waals surface area contributed by atoms with Crippen molar-refractivity contribution < 1.29 is 32.7 Å². The van der Waals surface area contributed by atoms with Crippen molar-refractivity contribution in [2.45, 2.75) is 25.1 Å². The van der Waals surface area contributed by atoms with Crippen LogP contribution >= 0.6 is 41.5 Å². The number of hydrogen-bond donors (Lipinski definition) is 4. The maximum Gasteiger partial charge on any atom is 0.540 e. The quantitative estimate of drug-likeness (QED) is 0.0311. The number of nitrogens with zero attached hydrogens (tertiary/aromatic N) is 5. The van der Waals surface area contributed by atoms with Gasteiger partial charge in [-0.15, -0.1) is 5.10 Å². The van der Waals surface area contributed by atoms with Crippen LogP contribution in [0.5, 0.6) is 17.2 Å². The molecule has 0 saturated heterocycles. The highest BCUT2D eigenvalue weighted by molar-refractivity contribution is 8.42. The number of thiol groups is 1. The van der Waals surface area contributed by atoms with Crippen molar-refractivity contribution >= 4 is 77.5 Å². The number of methoxy groups -OCH3 is 1. The molecule has 5 unspecified atom stereocenters. The third kappa shape index (κ3) is 14.8. The topological polar surface area (TPSA) is 141 Å². The van der Waals surface area contributed by atoms with Crippen LogP contribution in [0.15, 0.2) is 95.2 Å². The summed E-state index contributed by atoms with van der Waals surface area (Å²) in [6.45, 7) is 0.722. The molecule has 3 aromatic carbocycles. The third-order valence-electron chi connectivity index (χ3n) is 7.38. The van der Waals surface area contributed by atoms with Gasteiger partial charge in [-0.05, 0) is 101 Å². The van der Waals surface area contributed by atoms with Crippen molar-refractivity contribution in [2.75, 3.05) is 34.8 Å². The lowest BCUT2D eigenvalue weighted by Gasteiger charge is -2.27. The highest BCUT2D eigenvalue weighted by atomic mass is 32.7. The minimum absolute atomic E-state index is 0.0223. The monoisotopic (exact) mass is 842 g/mol. The van der Waals surface area contributed by atoms with Crippen LogP contribution in [0.4, 0.5) is 0 Å². The summed E-state index contributed by atoms with van der Waals surface area (Å²) in [5.74, 6) is 2.27. The van der Waals surface area contributed by atoms with Crippen LogP contribution < -0.4 is 19.2 Å². The summed E-state index contributed by atoms with van der Waals surface area (Å²) >= 11 is 15.8. The Labute approximate surface area is 323 Å². The lowest BCUT2D eigenvalue weighted by Crippen LogP contribution is -2.34. The van der Waals surface area contributed by atoms with Crippen LogP contribution in [0, 0.1) is 5.92 Å². The zero-order chi connectivity index (χ0) is 37.7. The molecule has 0 aromatic heterocycles. The molecule has 5 atom stereocenters. The van der Waals surface area contributed by atoms with E-state index in [0.717, 1.165) is 36.3 Å². The number of hydrogen-bond acceptors (Lipinski definition) is 12. The summed E-state index contributed by atoms with van der Waals surface area (Å²) in [5, 5.41) is 8.87. The summed E-state index contributed by atoms with van der Waals surface area (Å²) in [6.07, 6.45) is 9.20. The van der Waals surface area contributed by atoms with Crippen LogP contribution in [0.25, 0.3) is 0 Å². The molecule has 0 saturated carbocycles. The van der Waals surface area contributed by atoms with Crippen LogP contribution in [-0.2, 0) is 38.9 Å². The normalized spacial score (nSPS) is 17.3. The molecule has 3 N–H and O–H groups in total. The number of ether oxygens (including phenoxy) is 1. The molecule has 278 valence electrons. The highest BCUT2D eigenvalue weighted by Gasteiger charge is 2.25. The minimum atomic E-state index is -4.14. The zero-order valence-electron chi connectivity index (χ0n) is 28.9. The molecular formula is C32H42N6O7P4S3+2. The lowest BCUT2D eigenvalue weighted by molar-refractivity contribution is 0.227. The molecule has 1 aliphatic carbocycles. The van der Waals surface area contributed by atoms with Gasteiger partial charge in [-0.25, -0.2) is 10.2 Å². The van der Waals surface area contributed by atoms with Crippen molar-refractivity contribution in [1.29, 1.82) is 0 Å². The maximum atomic E-state index is 11.2. The van der Waals surface area contributed by atoms with E-state index in [1.807, 2.05) is 67.4 Å². The average Bonchev–Trinajstić information content (AvgIpc) is 3.13. The predicted octanol–water partition coefficient (Wildman–Crippen LogP) is 7.55. The van der Waals surface area contributed by atoms with Crippen molar-refractivity contribution in [3.8, 4) is 17.2 Å². The van der Waals surface area contributed by atoms with Gasteiger partial charge >= 0.3 is 21.7 Å². The van der Waals surface area contributed by atoms with E-state index in [0.29, 0.717) is 23.0 Å². The smallest absolute Gasteiger partial charge is 0.497 e. The first-order valence-corrected chi connectivity index (χ1v) is 24.4. The summed E-state index contributed by atoms with van der Waals surface area (Å²) in [7, 11) is -1.09. The Morgan fingerprint density at radius 3 is 2.00 bits per heavy atom. The Morgan fingerprint density at radius 2 is 1.44 bits per heavy atom. The second-order valence-electron chi connectivity index (χ2n) is 11.4. The van der Waals surface area contributed by atoms with Crippen LogP contribution in [0.1, 0.15) is 29.5 Å². The van der Waals surface area contributed by atoms with E-state index >= 15 is 0 Å². The number of hydrazine groups is 1. The molecule has 1 aliphatic rings. The van der Waals surface area contributed by atoms with Gasteiger partial charge in [-0.3, -0.25) is 13.6 Å². The highest BCUT2D eigenvalue weighted by Crippen LogP contribution is 2.47. The van der Waals surface area contributed by atoms with E-state index < -0.39 is 29.2 Å². The summed E-state index contributed by atoms with van der Waals surface area (Å²) in [5.41, 5.74) is 5.70. The molecule has 0 spiro atoms. The minimum Gasteiger partial charge on any atom is -0.497 e. The number of rotatable bonds is 19. The molecule has 0 amide bonds. The van der Waals surface area contributed by atoms with Gasteiger partial charge in [-0.1, -0.05) is 41.3 Å². The second-order valence-corrected chi connectivity index (χ2v) is 19.8. The van der Waals surface area contributed by atoms with Gasteiger partial charge in [0.25, 0.3) is 0 Å². The first-order chi connectivity index (χ1) is 24.8. The molecule has 13 nitrogen and oxygen atoms in total. The van der Waals surface area contributed by atoms with Crippen molar-refractivity contribution in [1.82, 2.24) is 19.8 Å². The average molecular weight is 843 g/mol. The predicted molar refractivity (Wildman–Crippen MR) is 221 cm³/mol. The molecule has 20 heteroatoms. The van der Waals surface area contributed by atoms with E-state index in [1.165, 1.54) is 0 Å². The van der Waals surface area contributed by atoms with E-state index in [-0.39, 0.29) is 12.3 Å². The maximum absolute atomic E-state index is 11.2. The molecule has 0 radical (unpaired) electrons. The molecule has 52 heavy (non-hydrogen) atoms. The molecular weight excluding hydrogens is 800 g/mol. The Morgan fingerprint density at radius 1 is 0.885 bits per heavy atom. The number of hydrazone groups is 2. The Balaban J connectivity index is 1.15. The first-order valence-electron chi connectivity index (χ1n) is 15.8. The van der Waals surface area contributed by atoms with Gasteiger partial charge in [0.1, 0.15) is 5.75 Å². The van der Waals surface area contributed by atoms with E-state index in [2.05, 4.69) is 40.0 Å². The summed E-state index contributed by atoms with van der Waals surface area (Å²) in [4.78, 5) is 18.3. The lowest BCUT2D eigenvalue weighted by atomic mass is 9.94. The first kappa shape index (κ1) is 42.3. The van der Waals surface area contributed by atoms with Gasteiger partial charge < -0.3 is 19.0 Å². The second kappa shape index (κ2) is 20.9. The van der Waals surface area contributed by atoms with Gasteiger partial charge in [0.2, 0.25) is 31.1 Å². The van der Waals surface area contributed by atoms with Crippen molar-refractivity contribution in [2.24, 2.45) is 16.1 Å². The molecule has 0 fully saturated rings. The standard InChI is InChI=1S/C32H40N6O7P4S3/c1-36(33-21-25-5-13-29(42-4)14-6-25)46(50)43-30-15-7-26(8-16-30)22-34-37(2)47(51)44-31-17-9-27(10-18-31)23-35-38(3)48(52)45-32-19-11-28(12-20-32)24-49(39,40)41/h5-7,9-15,17-21,23,26,30,34,50H,8,16,22,24H2,1-4H3/p+2/b33-21-,35-23-. The molecule has 0 bridgehead atoms. The van der Waals surface area contributed by atoms with E-state index in [9.17, 15) is 4.57 Å². The SMILES string of the molecule is COc1ccc(/C=N\N(C)P(S)OC2C=CC(CNN(C)[P+](=S)Oc3ccc(/C=N\N(C)[P+](=S)Oc4ccc(CP(=O)(O)O)cc4)cc3)CC2)cc1. The fourth-order valence-electron chi connectivity index (χ4n) is 4.49. The fourth-order valence-corrected chi connectivity index (χ4v) is 8.37. The van der Waals surface area contributed by atoms with Crippen LogP contribution in [0.3, 0.4) is 0 Å².